The highest BCUT2D eigenvalue weighted by molar-refractivity contribution is 6.24. The third kappa shape index (κ3) is 4.46. The highest BCUT2D eigenvalue weighted by atomic mass is 35.5. The summed E-state index contributed by atoms with van der Waals surface area (Å²) in [5.41, 5.74) is 12.6. The molecular weight excluding hydrogens is 370 g/mol. The molecule has 0 aliphatic rings. The van der Waals surface area contributed by atoms with Crippen LogP contribution in [0, 0.1) is 0 Å². The summed E-state index contributed by atoms with van der Waals surface area (Å²) in [6, 6.07) is 12.9. The Labute approximate surface area is 161 Å². The minimum absolute atomic E-state index is 0.0666. The maximum Gasteiger partial charge on any atom is 0.351 e. The molecule has 0 saturated heterocycles. The quantitative estimate of drug-likeness (QED) is 0.180. The summed E-state index contributed by atoms with van der Waals surface area (Å²) in [7, 11) is 0. The van der Waals surface area contributed by atoms with Crippen molar-refractivity contribution in [2.24, 2.45) is 26.8 Å². The molecule has 2 amide bonds. The van der Waals surface area contributed by atoms with E-state index in [9.17, 15) is 9.59 Å². The van der Waals surface area contributed by atoms with Crippen LogP contribution in [-0.4, -0.2) is 17.8 Å². The Kier molecular flexibility index (Phi) is 6.22. The standard InChI is InChI=1S/C17H19ClN7O2/c1-11(26)25(12(2)27,16-9-7-14(22-18)8-10-16)24-23-15-5-3-13(4-6-15)21-17(19)20/h3-10,22H,1-2H3,(H4,19,20,21)/q+1. The number of benzene rings is 2. The molecule has 0 spiro atoms. The topological polar surface area (TPSA) is 135 Å². The predicted octanol–water partition coefficient (Wildman–Crippen LogP) is 3.26. The van der Waals surface area contributed by atoms with E-state index >= 15 is 0 Å². The van der Waals surface area contributed by atoms with Gasteiger partial charge in [-0.1, -0.05) is 5.11 Å². The number of aliphatic imine (C=N–C) groups is 1. The number of guanidine groups is 1. The summed E-state index contributed by atoms with van der Waals surface area (Å²) in [4.78, 5) is 31.1. The van der Waals surface area contributed by atoms with Gasteiger partial charge in [-0.2, -0.15) is 0 Å². The number of amides is 2. The van der Waals surface area contributed by atoms with Crippen molar-refractivity contribution in [1.29, 1.82) is 0 Å². The highest BCUT2D eigenvalue weighted by Gasteiger charge is 2.44. The zero-order valence-electron chi connectivity index (χ0n) is 14.8. The lowest BCUT2D eigenvalue weighted by molar-refractivity contribution is -0.141. The van der Waals surface area contributed by atoms with E-state index in [-0.39, 0.29) is 5.96 Å². The summed E-state index contributed by atoms with van der Waals surface area (Å²) in [5.74, 6) is -1.08. The van der Waals surface area contributed by atoms with Gasteiger partial charge in [0.2, 0.25) is 0 Å². The van der Waals surface area contributed by atoms with E-state index in [1.165, 1.54) is 13.8 Å². The first-order valence-corrected chi connectivity index (χ1v) is 8.19. The molecule has 0 atom stereocenters. The molecule has 0 unspecified atom stereocenters. The molecule has 0 heterocycles. The normalized spacial score (nSPS) is 11.2. The Morgan fingerprint density at radius 2 is 1.44 bits per heavy atom. The Morgan fingerprint density at radius 1 is 0.926 bits per heavy atom. The zero-order chi connectivity index (χ0) is 20.0. The summed E-state index contributed by atoms with van der Waals surface area (Å²) in [5, 5.41) is 8.13. The van der Waals surface area contributed by atoms with Crippen LogP contribution in [0.2, 0.25) is 0 Å². The number of anilines is 1. The van der Waals surface area contributed by atoms with Crippen molar-refractivity contribution in [3.63, 3.8) is 0 Å². The molecule has 5 N–H and O–H groups in total. The summed E-state index contributed by atoms with van der Waals surface area (Å²) in [6.45, 7) is 2.55. The lowest BCUT2D eigenvalue weighted by atomic mass is 10.2. The van der Waals surface area contributed by atoms with E-state index in [4.69, 9.17) is 23.2 Å². The monoisotopic (exact) mass is 388 g/mol. The number of nitrogens with one attached hydrogen (secondary N) is 1. The molecule has 0 aliphatic heterocycles. The van der Waals surface area contributed by atoms with Gasteiger partial charge in [-0.05, 0) is 41.0 Å². The lowest BCUT2D eigenvalue weighted by Crippen LogP contribution is -2.51. The molecule has 2 aromatic rings. The van der Waals surface area contributed by atoms with Crippen molar-refractivity contribution < 1.29 is 9.59 Å². The highest BCUT2D eigenvalue weighted by Crippen LogP contribution is 2.29. The van der Waals surface area contributed by atoms with Gasteiger partial charge in [0, 0.05) is 29.6 Å². The summed E-state index contributed by atoms with van der Waals surface area (Å²) in [6.07, 6.45) is 0. The molecular formula is C17H19ClN7O2+. The number of rotatable bonds is 5. The van der Waals surface area contributed by atoms with Gasteiger partial charge in [0.1, 0.15) is 0 Å². The van der Waals surface area contributed by atoms with Crippen LogP contribution in [0.1, 0.15) is 13.8 Å². The minimum atomic E-state index is -0.918. The number of hydrogen-bond donors (Lipinski definition) is 3. The van der Waals surface area contributed by atoms with Crippen LogP contribution in [0.5, 0.6) is 0 Å². The number of carbonyl (C=O) groups excluding carboxylic acids is 2. The summed E-state index contributed by atoms with van der Waals surface area (Å²) >= 11 is 5.55. The molecule has 0 aromatic heterocycles. The average Bonchev–Trinajstić information content (AvgIpc) is 2.63. The van der Waals surface area contributed by atoms with Crippen molar-refractivity contribution >= 4 is 52.3 Å². The lowest BCUT2D eigenvalue weighted by Gasteiger charge is -2.22. The molecule has 0 saturated carbocycles. The van der Waals surface area contributed by atoms with Crippen LogP contribution < -0.4 is 20.9 Å². The van der Waals surface area contributed by atoms with Crippen molar-refractivity contribution in [2.45, 2.75) is 13.8 Å². The second-order valence-corrected chi connectivity index (χ2v) is 5.75. The second kappa shape index (κ2) is 8.39. The van der Waals surface area contributed by atoms with Crippen molar-refractivity contribution in [3.05, 3.63) is 48.5 Å². The fourth-order valence-corrected chi connectivity index (χ4v) is 2.49. The Balaban J connectivity index is 2.45. The van der Waals surface area contributed by atoms with E-state index in [0.717, 1.165) is 0 Å². The van der Waals surface area contributed by atoms with E-state index in [1.807, 2.05) is 0 Å². The molecule has 0 bridgehead atoms. The Hall–Kier alpha value is -3.30. The molecule has 0 aliphatic carbocycles. The number of imide groups is 1. The Morgan fingerprint density at radius 3 is 1.89 bits per heavy atom. The predicted molar refractivity (Wildman–Crippen MR) is 106 cm³/mol. The van der Waals surface area contributed by atoms with Gasteiger partial charge in [-0.25, -0.2) is 14.6 Å². The van der Waals surface area contributed by atoms with Crippen LogP contribution in [0.3, 0.4) is 0 Å². The third-order valence-corrected chi connectivity index (χ3v) is 3.88. The van der Waals surface area contributed by atoms with E-state index < -0.39 is 16.4 Å². The molecule has 9 nitrogen and oxygen atoms in total. The largest absolute Gasteiger partial charge is 0.370 e. The van der Waals surface area contributed by atoms with Gasteiger partial charge in [-0.3, -0.25) is 4.84 Å². The molecule has 2 rings (SSSR count). The van der Waals surface area contributed by atoms with E-state index in [1.54, 1.807) is 48.5 Å². The first-order valence-electron chi connectivity index (χ1n) is 7.81. The van der Waals surface area contributed by atoms with Crippen LogP contribution in [0.25, 0.3) is 0 Å². The van der Waals surface area contributed by atoms with Gasteiger partial charge in [0.15, 0.2) is 11.6 Å². The fourth-order valence-electron chi connectivity index (χ4n) is 2.36. The molecule has 0 fully saturated rings. The molecule has 140 valence electrons. The van der Waals surface area contributed by atoms with E-state index in [2.05, 4.69) is 20.2 Å². The number of carbonyl (C=O) groups is 2. The van der Waals surface area contributed by atoms with Crippen LogP contribution in [-0.2, 0) is 9.59 Å². The molecule has 2 aromatic carbocycles. The first kappa shape index (κ1) is 20.0. The Bertz CT molecular complexity index is 875. The van der Waals surface area contributed by atoms with Crippen molar-refractivity contribution in [2.75, 3.05) is 4.84 Å². The minimum Gasteiger partial charge on any atom is -0.370 e. The molecule has 10 heteroatoms. The number of quaternary nitrogens is 1. The maximum absolute atomic E-state index is 12.4. The van der Waals surface area contributed by atoms with Crippen LogP contribution in [0.15, 0.2) is 63.9 Å². The number of halogens is 1. The average molecular weight is 389 g/mol. The van der Waals surface area contributed by atoms with E-state index in [0.29, 0.717) is 22.7 Å². The van der Waals surface area contributed by atoms with Gasteiger partial charge in [-0.15, -0.1) is 0 Å². The third-order valence-electron chi connectivity index (χ3n) is 3.66. The smallest absolute Gasteiger partial charge is 0.351 e. The number of hydrogen-bond acceptors (Lipinski definition) is 6. The first-order chi connectivity index (χ1) is 12.8. The van der Waals surface area contributed by atoms with Crippen LogP contribution in [0.4, 0.5) is 22.7 Å². The van der Waals surface area contributed by atoms with Gasteiger partial charge >= 0.3 is 11.8 Å². The van der Waals surface area contributed by atoms with Gasteiger partial charge in [0.25, 0.3) is 0 Å². The molecule has 0 radical (unpaired) electrons. The van der Waals surface area contributed by atoms with Gasteiger partial charge in [0.05, 0.1) is 30.4 Å². The fraction of sp³-hybridized carbons (Fsp3) is 0.118. The molecule has 27 heavy (non-hydrogen) atoms. The van der Waals surface area contributed by atoms with Crippen molar-refractivity contribution in [1.82, 2.24) is 4.59 Å². The maximum atomic E-state index is 12.4. The second-order valence-electron chi connectivity index (χ2n) is 5.56. The van der Waals surface area contributed by atoms with Crippen LogP contribution >= 0.6 is 11.8 Å². The van der Waals surface area contributed by atoms with Gasteiger partial charge < -0.3 is 11.5 Å². The zero-order valence-corrected chi connectivity index (χ0v) is 15.5. The number of nitrogens with two attached hydrogens (primary N) is 2. The summed E-state index contributed by atoms with van der Waals surface area (Å²) < 4.78 is -0.918. The SMILES string of the molecule is CC(=O)[N+](N=Nc1ccc(N=C(N)N)cc1)(C(C)=O)c1ccc(NCl)cc1. The van der Waals surface area contributed by atoms with Crippen molar-refractivity contribution in [3.8, 4) is 0 Å². The number of nitrogens with zero attached hydrogens (tertiary/aromatic N) is 4.